The minimum absolute atomic E-state index is 0.0276. The first-order valence-corrected chi connectivity index (χ1v) is 5.55. The van der Waals surface area contributed by atoms with Crippen LogP contribution in [0.25, 0.3) is 0 Å². The van der Waals surface area contributed by atoms with E-state index in [-0.39, 0.29) is 28.7 Å². The summed E-state index contributed by atoms with van der Waals surface area (Å²) >= 11 is 1.23. The van der Waals surface area contributed by atoms with E-state index in [1.54, 1.807) is 5.64 Å². The van der Waals surface area contributed by atoms with Gasteiger partial charge >= 0.3 is 0 Å². The molecule has 0 bridgehead atoms. The maximum Gasteiger partial charge on any atom is 0.186 e. The lowest BCUT2D eigenvalue weighted by Gasteiger charge is -2.14. The lowest BCUT2D eigenvalue weighted by molar-refractivity contribution is -0.182. The zero-order chi connectivity index (χ0) is 10.8. The molecule has 0 aromatic carbocycles. The van der Waals surface area contributed by atoms with Crippen molar-refractivity contribution in [3.63, 3.8) is 0 Å². The molecule has 7 heteroatoms. The van der Waals surface area contributed by atoms with Crippen molar-refractivity contribution in [1.29, 1.82) is 0 Å². The van der Waals surface area contributed by atoms with Gasteiger partial charge in [-0.15, -0.1) is 0 Å². The van der Waals surface area contributed by atoms with E-state index in [2.05, 4.69) is 0 Å². The number of rotatable bonds is 3. The van der Waals surface area contributed by atoms with Crippen LogP contribution in [0.4, 0.5) is 0 Å². The summed E-state index contributed by atoms with van der Waals surface area (Å²) in [6.07, 6.45) is -0.656. The van der Waals surface area contributed by atoms with Crippen molar-refractivity contribution in [3.05, 3.63) is 0 Å². The van der Waals surface area contributed by atoms with E-state index in [1.807, 2.05) is 0 Å². The highest BCUT2D eigenvalue weighted by molar-refractivity contribution is 8.14. The van der Waals surface area contributed by atoms with Crippen LogP contribution in [0.2, 0.25) is 0 Å². The molecule has 0 aromatic heterocycles. The third-order valence-electron chi connectivity index (χ3n) is 2.48. The zero-order valence-electron chi connectivity index (χ0n) is 8.21. The van der Waals surface area contributed by atoms with Crippen LogP contribution in [0, 0.1) is 0 Å². The monoisotopic (exact) mass is 235 g/mol. The number of carbonyl (C=O) groups excluding carboxylic acids is 1. The average molecular weight is 235 g/mol. The van der Waals surface area contributed by atoms with E-state index in [1.165, 1.54) is 18.7 Å². The third-order valence-corrected chi connectivity index (χ3v) is 3.52. The molecular weight excluding hydrogens is 222 g/mol. The number of thioether (sulfide) groups is 1. The number of hydrogen-bond donors (Lipinski definition) is 2. The van der Waals surface area contributed by atoms with Gasteiger partial charge in [-0.1, -0.05) is 17.4 Å². The Kier molecular flexibility index (Phi) is 3.60. The fourth-order valence-corrected chi connectivity index (χ4v) is 2.85. The number of hydrogen-bond acceptors (Lipinski definition) is 7. The lowest BCUT2D eigenvalue weighted by atomic mass is 10.1. The van der Waals surface area contributed by atoms with Crippen LogP contribution in [0.5, 0.6) is 0 Å². The summed E-state index contributed by atoms with van der Waals surface area (Å²) in [6, 6.07) is 0. The third kappa shape index (κ3) is 2.32. The van der Waals surface area contributed by atoms with Gasteiger partial charge in [-0.2, -0.15) is 0 Å². The van der Waals surface area contributed by atoms with E-state index >= 15 is 0 Å². The van der Waals surface area contributed by atoms with Gasteiger partial charge in [-0.05, 0) is 0 Å². The number of fused-ring (bicyclic) bond motifs is 1. The summed E-state index contributed by atoms with van der Waals surface area (Å²) in [4.78, 5) is 15.8. The first-order chi connectivity index (χ1) is 7.22. The molecule has 2 aliphatic heterocycles. The van der Waals surface area contributed by atoms with Crippen molar-refractivity contribution < 1.29 is 24.3 Å². The van der Waals surface area contributed by atoms with E-state index < -0.39 is 0 Å². The molecule has 2 rings (SSSR count). The van der Waals surface area contributed by atoms with Gasteiger partial charge in [0.1, 0.15) is 18.3 Å². The molecule has 0 aliphatic carbocycles. The predicted octanol–water partition coefficient (Wildman–Crippen LogP) is -0.289. The Hall–Kier alpha value is -0.180. The fourth-order valence-electron chi connectivity index (χ4n) is 1.91. The second kappa shape index (κ2) is 4.77. The molecule has 0 radical (unpaired) electrons. The van der Waals surface area contributed by atoms with Gasteiger partial charge in [0.2, 0.25) is 0 Å². The summed E-state index contributed by atoms with van der Waals surface area (Å²) in [6.45, 7) is 2.36. The first kappa shape index (κ1) is 11.3. The van der Waals surface area contributed by atoms with Gasteiger partial charge < -0.3 is 9.47 Å². The Balaban J connectivity index is 1.93. The molecule has 86 valence electrons. The van der Waals surface area contributed by atoms with Crippen molar-refractivity contribution >= 4 is 16.9 Å². The van der Waals surface area contributed by atoms with Crippen LogP contribution < -0.4 is 5.64 Å². The Labute approximate surface area is 91.2 Å². The number of carbonyl (C=O) groups is 1. The second-order valence-electron chi connectivity index (χ2n) is 3.49. The largest absolute Gasteiger partial charge is 0.371 e. The van der Waals surface area contributed by atoms with Crippen LogP contribution in [-0.4, -0.2) is 47.1 Å². The Morgan fingerprint density at radius 3 is 2.87 bits per heavy atom. The van der Waals surface area contributed by atoms with Gasteiger partial charge in [-0.3, -0.25) is 14.8 Å². The van der Waals surface area contributed by atoms with Crippen LogP contribution in [0.1, 0.15) is 6.92 Å². The van der Waals surface area contributed by atoms with Gasteiger partial charge in [0.25, 0.3) is 0 Å². The summed E-state index contributed by atoms with van der Waals surface area (Å²) in [5, 5.41) is 8.50. The minimum Gasteiger partial charge on any atom is -0.371 e. The number of ether oxygens (including phenoxy) is 2. The van der Waals surface area contributed by atoms with Crippen molar-refractivity contribution in [1.82, 2.24) is 5.64 Å². The standard InChI is InChI=1S/C8H13NO5S/c1-4(10)15-6-3-13-7-5(14-9-11)2-12-8(6)7/h5-9,11H,2-3H2,1H3. The van der Waals surface area contributed by atoms with E-state index in [0.717, 1.165) is 0 Å². The summed E-state index contributed by atoms with van der Waals surface area (Å²) < 4.78 is 11.0. The van der Waals surface area contributed by atoms with Crippen LogP contribution in [-0.2, 0) is 19.1 Å². The molecule has 2 saturated heterocycles. The van der Waals surface area contributed by atoms with Crippen molar-refractivity contribution in [3.8, 4) is 0 Å². The predicted molar refractivity (Wildman–Crippen MR) is 51.3 cm³/mol. The highest BCUT2D eigenvalue weighted by Gasteiger charge is 2.49. The highest BCUT2D eigenvalue weighted by Crippen LogP contribution is 2.34. The maximum atomic E-state index is 11.0. The molecule has 0 aromatic rings. The molecule has 4 unspecified atom stereocenters. The minimum atomic E-state index is -0.322. The summed E-state index contributed by atoms with van der Waals surface area (Å²) in [5.74, 6) is 0. The molecule has 2 fully saturated rings. The first-order valence-electron chi connectivity index (χ1n) is 4.67. The topological polar surface area (TPSA) is 77.0 Å². The maximum absolute atomic E-state index is 11.0. The molecule has 0 amide bonds. The van der Waals surface area contributed by atoms with E-state index in [0.29, 0.717) is 13.2 Å². The van der Waals surface area contributed by atoms with Crippen LogP contribution in [0.15, 0.2) is 0 Å². The highest BCUT2D eigenvalue weighted by atomic mass is 32.2. The molecule has 4 atom stereocenters. The second-order valence-corrected chi connectivity index (χ2v) is 4.91. The molecule has 2 aliphatic rings. The fraction of sp³-hybridized carbons (Fsp3) is 0.875. The molecular formula is C8H13NO5S. The van der Waals surface area contributed by atoms with E-state index in [9.17, 15) is 4.79 Å². The Morgan fingerprint density at radius 1 is 1.47 bits per heavy atom. The molecule has 0 spiro atoms. The van der Waals surface area contributed by atoms with Gasteiger partial charge in [0.15, 0.2) is 5.12 Å². The van der Waals surface area contributed by atoms with E-state index in [4.69, 9.17) is 19.5 Å². The summed E-state index contributed by atoms with van der Waals surface area (Å²) in [5.41, 5.74) is 1.64. The van der Waals surface area contributed by atoms with Crippen molar-refractivity contribution in [2.45, 2.75) is 30.5 Å². The number of nitrogens with one attached hydrogen (secondary N) is 1. The van der Waals surface area contributed by atoms with Crippen molar-refractivity contribution in [2.75, 3.05) is 13.2 Å². The van der Waals surface area contributed by atoms with Gasteiger partial charge in [0.05, 0.1) is 18.5 Å². The average Bonchev–Trinajstić information content (AvgIpc) is 2.71. The van der Waals surface area contributed by atoms with Crippen LogP contribution >= 0.6 is 11.8 Å². The van der Waals surface area contributed by atoms with Crippen molar-refractivity contribution in [2.24, 2.45) is 0 Å². The molecule has 0 saturated carbocycles. The molecule has 15 heavy (non-hydrogen) atoms. The molecule has 2 N–H and O–H groups in total. The Bertz CT molecular complexity index is 251. The normalized spacial score (nSPS) is 39.3. The molecule has 6 nitrogen and oxygen atoms in total. The van der Waals surface area contributed by atoms with Gasteiger partial charge in [0, 0.05) is 6.92 Å². The van der Waals surface area contributed by atoms with Gasteiger partial charge in [-0.25, -0.2) is 0 Å². The van der Waals surface area contributed by atoms with Crippen LogP contribution in [0.3, 0.4) is 0 Å². The smallest absolute Gasteiger partial charge is 0.186 e. The summed E-state index contributed by atoms with van der Waals surface area (Å²) in [7, 11) is 0. The molecule has 2 heterocycles. The SMILES string of the molecule is CC(=O)SC1COC2C(ONO)COC12. The Morgan fingerprint density at radius 2 is 2.20 bits per heavy atom. The zero-order valence-corrected chi connectivity index (χ0v) is 9.03. The quantitative estimate of drug-likeness (QED) is 0.651. The lowest BCUT2D eigenvalue weighted by Crippen LogP contribution is -2.35.